The number of rotatable bonds is 4. The number of carbonyl (C=O) groups excluding carboxylic acids is 1. The van der Waals surface area contributed by atoms with Crippen molar-refractivity contribution in [2.24, 2.45) is 0 Å². The Morgan fingerprint density at radius 1 is 1.64 bits per heavy atom. The predicted molar refractivity (Wildman–Crippen MR) is 37.1 cm³/mol. The fourth-order valence-corrected chi connectivity index (χ4v) is 0.603. The van der Waals surface area contributed by atoms with Gasteiger partial charge >= 0.3 is 5.97 Å². The Labute approximate surface area is 64.3 Å². The van der Waals surface area contributed by atoms with Gasteiger partial charge in [0.2, 0.25) is 5.91 Å². The zero-order valence-corrected chi connectivity index (χ0v) is 6.46. The second-order valence-corrected chi connectivity index (χ2v) is 1.94. The van der Waals surface area contributed by atoms with Crippen LogP contribution in [0.15, 0.2) is 0 Å². The molecule has 0 radical (unpaired) electrons. The van der Waals surface area contributed by atoms with E-state index in [1.54, 1.807) is 0 Å². The molecule has 0 unspecified atom stereocenters. The monoisotopic (exact) mass is 161 g/mol. The quantitative estimate of drug-likeness (QED) is 0.567. The summed E-state index contributed by atoms with van der Waals surface area (Å²) in [5, 5.41) is 10.6. The van der Waals surface area contributed by atoms with Gasteiger partial charge in [-0.2, -0.15) is 0 Å². The minimum absolute atomic E-state index is 0.309. The predicted octanol–water partition coefficient (Wildman–Crippen LogP) is -0.778. The molecule has 0 spiro atoms. The van der Waals surface area contributed by atoms with Crippen molar-refractivity contribution in [2.75, 3.05) is 14.2 Å². The van der Waals surface area contributed by atoms with Crippen molar-refractivity contribution in [1.82, 2.24) is 5.32 Å². The molecule has 0 aromatic rings. The maximum absolute atomic E-state index is 10.8. The number of carbonyl (C=O) groups is 2. The van der Waals surface area contributed by atoms with Gasteiger partial charge < -0.3 is 15.2 Å². The first-order chi connectivity index (χ1) is 5.11. The molecule has 0 heterocycles. The van der Waals surface area contributed by atoms with E-state index in [9.17, 15) is 9.59 Å². The van der Waals surface area contributed by atoms with Crippen molar-refractivity contribution in [3.05, 3.63) is 0 Å². The van der Waals surface area contributed by atoms with Crippen LogP contribution in [0.25, 0.3) is 0 Å². The maximum Gasteiger partial charge on any atom is 0.306 e. The third-order valence-electron chi connectivity index (χ3n) is 1.18. The molecule has 11 heavy (non-hydrogen) atoms. The summed E-state index contributed by atoms with van der Waals surface area (Å²) in [6.07, 6.45) is -1.20. The fraction of sp³-hybridized carbons (Fsp3) is 0.667. The van der Waals surface area contributed by atoms with Crippen molar-refractivity contribution in [3.63, 3.8) is 0 Å². The van der Waals surface area contributed by atoms with Crippen LogP contribution >= 0.6 is 0 Å². The topological polar surface area (TPSA) is 75.6 Å². The Morgan fingerprint density at radius 2 is 2.18 bits per heavy atom. The van der Waals surface area contributed by atoms with Gasteiger partial charge in [0.15, 0.2) is 0 Å². The van der Waals surface area contributed by atoms with E-state index in [1.165, 1.54) is 14.2 Å². The van der Waals surface area contributed by atoms with Gasteiger partial charge in [0.05, 0.1) is 6.42 Å². The highest BCUT2D eigenvalue weighted by atomic mass is 16.5. The van der Waals surface area contributed by atoms with E-state index in [2.05, 4.69) is 10.1 Å². The van der Waals surface area contributed by atoms with Crippen molar-refractivity contribution < 1.29 is 19.4 Å². The average Bonchev–Trinajstić information content (AvgIpc) is 1.98. The molecule has 0 aliphatic heterocycles. The SMILES string of the molecule is CNC(=O)[C@H](CC(=O)O)OC. The number of aliphatic carboxylic acids is 1. The smallest absolute Gasteiger partial charge is 0.306 e. The lowest BCUT2D eigenvalue weighted by atomic mass is 10.2. The molecule has 5 nitrogen and oxygen atoms in total. The van der Waals surface area contributed by atoms with E-state index in [-0.39, 0.29) is 6.42 Å². The van der Waals surface area contributed by atoms with Gasteiger partial charge in [0.25, 0.3) is 0 Å². The number of ether oxygens (including phenoxy) is 1. The Kier molecular flexibility index (Phi) is 4.21. The van der Waals surface area contributed by atoms with Crippen LogP contribution in [0.3, 0.4) is 0 Å². The lowest BCUT2D eigenvalue weighted by Gasteiger charge is -2.09. The second kappa shape index (κ2) is 4.68. The molecular weight excluding hydrogens is 150 g/mol. The van der Waals surface area contributed by atoms with Crippen LogP contribution in [0.5, 0.6) is 0 Å². The molecule has 0 bridgehead atoms. The molecule has 2 N–H and O–H groups in total. The standard InChI is InChI=1S/C6H11NO4/c1-7-6(10)4(11-2)3-5(8)9/h4H,3H2,1-2H3,(H,7,10)(H,8,9)/t4-/m0/s1. The molecule has 5 heteroatoms. The third kappa shape index (κ3) is 3.57. The average molecular weight is 161 g/mol. The number of methoxy groups -OCH3 is 1. The highest BCUT2D eigenvalue weighted by Crippen LogP contribution is 1.96. The molecule has 1 amide bonds. The van der Waals surface area contributed by atoms with Crippen LogP contribution < -0.4 is 5.32 Å². The molecular formula is C6H11NO4. The molecule has 0 aliphatic carbocycles. The van der Waals surface area contributed by atoms with Gasteiger partial charge in [-0.1, -0.05) is 0 Å². The molecule has 0 saturated carbocycles. The van der Waals surface area contributed by atoms with Gasteiger partial charge in [-0.3, -0.25) is 9.59 Å². The van der Waals surface area contributed by atoms with Gasteiger partial charge in [-0.25, -0.2) is 0 Å². The second-order valence-electron chi connectivity index (χ2n) is 1.94. The first kappa shape index (κ1) is 9.90. The number of amides is 1. The Balaban J connectivity index is 3.94. The van der Waals surface area contributed by atoms with E-state index in [1.807, 2.05) is 0 Å². The Hall–Kier alpha value is -1.10. The summed E-state index contributed by atoms with van der Waals surface area (Å²) >= 11 is 0. The molecule has 0 fully saturated rings. The normalized spacial score (nSPS) is 12.2. The number of carboxylic acids is 1. The van der Waals surface area contributed by atoms with Crippen molar-refractivity contribution >= 4 is 11.9 Å². The third-order valence-corrected chi connectivity index (χ3v) is 1.18. The van der Waals surface area contributed by atoms with Crippen LogP contribution in [0, 0.1) is 0 Å². The van der Waals surface area contributed by atoms with E-state index >= 15 is 0 Å². The van der Waals surface area contributed by atoms with Gasteiger partial charge in [0, 0.05) is 14.2 Å². The number of nitrogens with one attached hydrogen (secondary N) is 1. The van der Waals surface area contributed by atoms with E-state index in [0.717, 1.165) is 0 Å². The van der Waals surface area contributed by atoms with E-state index in [4.69, 9.17) is 5.11 Å². The molecule has 0 aliphatic rings. The zero-order valence-electron chi connectivity index (χ0n) is 6.46. The fourth-order valence-electron chi connectivity index (χ4n) is 0.603. The summed E-state index contributed by atoms with van der Waals surface area (Å²) in [5.74, 6) is -1.48. The van der Waals surface area contributed by atoms with Crippen LogP contribution in [0.4, 0.5) is 0 Å². The van der Waals surface area contributed by atoms with Crippen LogP contribution in [-0.2, 0) is 14.3 Å². The maximum atomic E-state index is 10.8. The summed E-state index contributed by atoms with van der Waals surface area (Å²) in [4.78, 5) is 20.9. The Morgan fingerprint density at radius 3 is 2.45 bits per heavy atom. The molecule has 64 valence electrons. The summed E-state index contributed by atoms with van der Waals surface area (Å²) in [6, 6.07) is 0. The van der Waals surface area contributed by atoms with Crippen molar-refractivity contribution in [3.8, 4) is 0 Å². The lowest BCUT2D eigenvalue weighted by Crippen LogP contribution is -2.34. The van der Waals surface area contributed by atoms with Gasteiger partial charge in [-0.15, -0.1) is 0 Å². The van der Waals surface area contributed by atoms with Crippen molar-refractivity contribution in [1.29, 1.82) is 0 Å². The number of hydrogen-bond donors (Lipinski definition) is 2. The summed E-state index contributed by atoms with van der Waals surface area (Å²) < 4.78 is 4.62. The minimum Gasteiger partial charge on any atom is -0.481 e. The minimum atomic E-state index is -1.06. The molecule has 0 aromatic carbocycles. The molecule has 0 rings (SSSR count). The Bertz CT molecular complexity index is 157. The highest BCUT2D eigenvalue weighted by molar-refractivity contribution is 5.84. The zero-order chi connectivity index (χ0) is 8.85. The van der Waals surface area contributed by atoms with Crippen molar-refractivity contribution in [2.45, 2.75) is 12.5 Å². The van der Waals surface area contributed by atoms with Crippen LogP contribution in [0.2, 0.25) is 0 Å². The van der Waals surface area contributed by atoms with Gasteiger partial charge in [-0.05, 0) is 0 Å². The van der Waals surface area contributed by atoms with E-state index < -0.39 is 18.0 Å². The molecule has 0 aromatic heterocycles. The number of carboxylic acid groups (broad SMARTS) is 1. The summed E-state index contributed by atoms with van der Waals surface area (Å²) in [6.45, 7) is 0. The molecule has 0 saturated heterocycles. The first-order valence-electron chi connectivity index (χ1n) is 3.08. The van der Waals surface area contributed by atoms with Crippen LogP contribution in [-0.4, -0.2) is 37.2 Å². The number of hydrogen-bond acceptors (Lipinski definition) is 3. The summed E-state index contributed by atoms with van der Waals surface area (Å²) in [5.41, 5.74) is 0. The highest BCUT2D eigenvalue weighted by Gasteiger charge is 2.19. The van der Waals surface area contributed by atoms with Gasteiger partial charge in [0.1, 0.15) is 6.10 Å². The number of likely N-dealkylation sites (N-methyl/N-ethyl adjacent to an activating group) is 1. The molecule has 1 atom stereocenters. The largest absolute Gasteiger partial charge is 0.481 e. The lowest BCUT2D eigenvalue weighted by molar-refractivity contribution is -0.145. The summed E-state index contributed by atoms with van der Waals surface area (Å²) in [7, 11) is 2.72. The van der Waals surface area contributed by atoms with Crippen LogP contribution in [0.1, 0.15) is 6.42 Å². The van der Waals surface area contributed by atoms with E-state index in [0.29, 0.717) is 0 Å². The first-order valence-corrected chi connectivity index (χ1v) is 3.08.